The number of methoxy groups -OCH3 is 1. The zero-order valence-electron chi connectivity index (χ0n) is 15.4. The van der Waals surface area contributed by atoms with E-state index in [1.807, 2.05) is 13.8 Å². The van der Waals surface area contributed by atoms with Gasteiger partial charge in [-0.05, 0) is 47.9 Å². The Morgan fingerprint density at radius 2 is 1.74 bits per heavy atom. The van der Waals surface area contributed by atoms with Crippen LogP contribution in [0.1, 0.15) is 29.8 Å². The quantitative estimate of drug-likeness (QED) is 0.725. The number of carbonyl (C=O) groups excluding carboxylic acids is 2. The minimum Gasteiger partial charge on any atom is -0.497 e. The summed E-state index contributed by atoms with van der Waals surface area (Å²) in [5.74, 6) is -0.0358. The fraction of sp³-hybridized carbons (Fsp3) is 0.300. The molecule has 2 rings (SSSR count). The number of ether oxygens (including phenoxy) is 1. The van der Waals surface area contributed by atoms with Gasteiger partial charge in [-0.25, -0.2) is 0 Å². The van der Waals surface area contributed by atoms with E-state index in [9.17, 15) is 9.59 Å². The molecule has 2 amide bonds. The maximum atomic E-state index is 12.6. The van der Waals surface area contributed by atoms with E-state index in [2.05, 4.69) is 10.6 Å². The number of benzene rings is 2. The van der Waals surface area contributed by atoms with Crippen LogP contribution in [0.15, 0.2) is 42.5 Å². The van der Waals surface area contributed by atoms with Gasteiger partial charge in [-0.2, -0.15) is 0 Å². The highest BCUT2D eigenvalue weighted by molar-refractivity contribution is 6.35. The number of amides is 2. The highest BCUT2D eigenvalue weighted by Gasteiger charge is 2.24. The standard InChI is InChI=1S/C20H22Cl2N2O3/c1-12(2)18(24-19(25)13-5-8-16(27-3)9-6-13)20(26)23-11-14-4-7-15(21)10-17(14)22/h4-10,12,18H,11H2,1-3H3,(H,23,26)(H,24,25)/t18-/m1/s1. The lowest BCUT2D eigenvalue weighted by Crippen LogP contribution is -2.49. The molecule has 0 radical (unpaired) electrons. The van der Waals surface area contributed by atoms with Crippen LogP contribution in [0.4, 0.5) is 0 Å². The first-order valence-electron chi connectivity index (χ1n) is 8.48. The molecule has 1 atom stereocenters. The Labute approximate surface area is 169 Å². The summed E-state index contributed by atoms with van der Waals surface area (Å²) in [7, 11) is 1.56. The number of hydrogen-bond acceptors (Lipinski definition) is 3. The number of carbonyl (C=O) groups is 2. The Bertz CT molecular complexity index is 807. The second-order valence-corrected chi connectivity index (χ2v) is 7.22. The van der Waals surface area contributed by atoms with Gasteiger partial charge in [-0.1, -0.05) is 43.1 Å². The molecule has 0 fully saturated rings. The average Bonchev–Trinajstić information content (AvgIpc) is 2.64. The molecule has 0 aliphatic carbocycles. The summed E-state index contributed by atoms with van der Waals surface area (Å²) in [6.07, 6.45) is 0. The molecule has 0 saturated carbocycles. The number of halogens is 2. The lowest BCUT2D eigenvalue weighted by Gasteiger charge is -2.22. The number of nitrogens with one attached hydrogen (secondary N) is 2. The van der Waals surface area contributed by atoms with Crippen LogP contribution in [-0.4, -0.2) is 25.0 Å². The van der Waals surface area contributed by atoms with Crippen molar-refractivity contribution in [2.45, 2.75) is 26.4 Å². The topological polar surface area (TPSA) is 67.4 Å². The van der Waals surface area contributed by atoms with Crippen LogP contribution in [0.2, 0.25) is 10.0 Å². The first-order valence-corrected chi connectivity index (χ1v) is 9.24. The normalized spacial score (nSPS) is 11.8. The Hall–Kier alpha value is -2.24. The van der Waals surface area contributed by atoms with E-state index < -0.39 is 6.04 Å². The summed E-state index contributed by atoms with van der Waals surface area (Å²) in [5.41, 5.74) is 1.20. The van der Waals surface area contributed by atoms with Crippen molar-refractivity contribution in [3.63, 3.8) is 0 Å². The first-order chi connectivity index (χ1) is 12.8. The summed E-state index contributed by atoms with van der Waals surface area (Å²) >= 11 is 12.0. The smallest absolute Gasteiger partial charge is 0.251 e. The van der Waals surface area contributed by atoms with Gasteiger partial charge in [0.15, 0.2) is 0 Å². The van der Waals surface area contributed by atoms with Crippen LogP contribution >= 0.6 is 23.2 Å². The third-order valence-corrected chi connectivity index (χ3v) is 4.64. The van der Waals surface area contributed by atoms with Gasteiger partial charge in [-0.3, -0.25) is 9.59 Å². The van der Waals surface area contributed by atoms with Crippen molar-refractivity contribution in [3.05, 3.63) is 63.6 Å². The molecule has 0 aliphatic rings. The number of rotatable bonds is 7. The fourth-order valence-electron chi connectivity index (χ4n) is 2.46. The molecule has 144 valence electrons. The average molecular weight is 409 g/mol. The summed E-state index contributed by atoms with van der Waals surface area (Å²) in [4.78, 5) is 25.1. The molecule has 0 aromatic heterocycles. The highest BCUT2D eigenvalue weighted by Crippen LogP contribution is 2.21. The second-order valence-electron chi connectivity index (χ2n) is 6.38. The number of hydrogen-bond donors (Lipinski definition) is 2. The van der Waals surface area contributed by atoms with Gasteiger partial charge in [0.1, 0.15) is 11.8 Å². The van der Waals surface area contributed by atoms with Gasteiger partial charge < -0.3 is 15.4 Å². The summed E-state index contributed by atoms with van der Waals surface area (Å²) in [6, 6.07) is 11.1. The molecule has 0 spiro atoms. The van der Waals surface area contributed by atoms with E-state index in [4.69, 9.17) is 27.9 Å². The third kappa shape index (κ3) is 5.88. The van der Waals surface area contributed by atoms with E-state index in [-0.39, 0.29) is 24.3 Å². The van der Waals surface area contributed by atoms with Gasteiger partial charge >= 0.3 is 0 Å². The molecule has 5 nitrogen and oxygen atoms in total. The third-order valence-electron chi connectivity index (χ3n) is 4.06. The maximum Gasteiger partial charge on any atom is 0.251 e. The fourth-order valence-corrected chi connectivity index (χ4v) is 2.93. The summed E-state index contributed by atoms with van der Waals surface area (Å²) in [5, 5.41) is 6.61. The Balaban J connectivity index is 2.02. The van der Waals surface area contributed by atoms with Crippen LogP contribution < -0.4 is 15.4 Å². The van der Waals surface area contributed by atoms with Gasteiger partial charge in [0.2, 0.25) is 5.91 Å². The Morgan fingerprint density at radius 3 is 2.30 bits per heavy atom. The van der Waals surface area contributed by atoms with Crippen molar-refractivity contribution in [1.82, 2.24) is 10.6 Å². The van der Waals surface area contributed by atoms with E-state index in [0.29, 0.717) is 21.4 Å². The van der Waals surface area contributed by atoms with E-state index >= 15 is 0 Å². The SMILES string of the molecule is COc1ccc(C(=O)N[C@@H](C(=O)NCc2ccc(Cl)cc2Cl)C(C)C)cc1. The molecule has 2 aromatic rings. The molecule has 2 N–H and O–H groups in total. The molecular formula is C20H22Cl2N2O3. The van der Waals surface area contributed by atoms with Crippen LogP contribution in [0.5, 0.6) is 5.75 Å². The molecule has 7 heteroatoms. The molecule has 0 unspecified atom stereocenters. The largest absolute Gasteiger partial charge is 0.497 e. The molecule has 0 bridgehead atoms. The lowest BCUT2D eigenvalue weighted by molar-refractivity contribution is -0.124. The van der Waals surface area contributed by atoms with E-state index in [1.165, 1.54) is 0 Å². The monoisotopic (exact) mass is 408 g/mol. The van der Waals surface area contributed by atoms with Gasteiger partial charge in [0.05, 0.1) is 7.11 Å². The Kier molecular flexibility index (Phi) is 7.51. The van der Waals surface area contributed by atoms with Crippen molar-refractivity contribution in [3.8, 4) is 5.75 Å². The second kappa shape index (κ2) is 9.62. The van der Waals surface area contributed by atoms with Gasteiger partial charge in [0.25, 0.3) is 5.91 Å². The molecule has 2 aromatic carbocycles. The van der Waals surface area contributed by atoms with Crippen molar-refractivity contribution in [2.75, 3.05) is 7.11 Å². The zero-order valence-corrected chi connectivity index (χ0v) is 16.9. The van der Waals surface area contributed by atoms with Crippen LogP contribution in [0, 0.1) is 5.92 Å². The predicted octanol–water partition coefficient (Wildman–Crippen LogP) is 4.07. The lowest BCUT2D eigenvalue weighted by atomic mass is 10.0. The molecule has 0 saturated heterocycles. The van der Waals surface area contributed by atoms with Crippen molar-refractivity contribution >= 4 is 35.0 Å². The van der Waals surface area contributed by atoms with E-state index in [1.54, 1.807) is 49.6 Å². The zero-order chi connectivity index (χ0) is 20.0. The minimum atomic E-state index is -0.675. The first kappa shape index (κ1) is 21.1. The molecule has 0 aliphatic heterocycles. The van der Waals surface area contributed by atoms with Crippen molar-refractivity contribution in [2.24, 2.45) is 5.92 Å². The van der Waals surface area contributed by atoms with Crippen molar-refractivity contribution in [1.29, 1.82) is 0 Å². The van der Waals surface area contributed by atoms with Crippen LogP contribution in [0.3, 0.4) is 0 Å². The Morgan fingerprint density at radius 1 is 1.07 bits per heavy atom. The molecule has 0 heterocycles. The minimum absolute atomic E-state index is 0.0899. The molecular weight excluding hydrogens is 387 g/mol. The summed E-state index contributed by atoms with van der Waals surface area (Å²) < 4.78 is 5.08. The van der Waals surface area contributed by atoms with Gasteiger partial charge in [0, 0.05) is 22.2 Å². The molecule has 27 heavy (non-hydrogen) atoms. The van der Waals surface area contributed by atoms with Crippen LogP contribution in [0.25, 0.3) is 0 Å². The van der Waals surface area contributed by atoms with Gasteiger partial charge in [-0.15, -0.1) is 0 Å². The van der Waals surface area contributed by atoms with Crippen LogP contribution in [-0.2, 0) is 11.3 Å². The maximum absolute atomic E-state index is 12.6. The van der Waals surface area contributed by atoms with Crippen molar-refractivity contribution < 1.29 is 14.3 Å². The highest BCUT2D eigenvalue weighted by atomic mass is 35.5. The van der Waals surface area contributed by atoms with E-state index in [0.717, 1.165) is 5.56 Å². The predicted molar refractivity (Wildman–Crippen MR) is 107 cm³/mol. The summed E-state index contributed by atoms with van der Waals surface area (Å²) in [6.45, 7) is 3.98.